The molecule has 3 rings (SSSR count). The minimum absolute atomic E-state index is 0.0555. The number of nitrogens with zero attached hydrogens (tertiary/aromatic N) is 2. The molecule has 1 fully saturated rings. The van der Waals surface area contributed by atoms with Crippen LogP contribution in [0.2, 0.25) is 5.02 Å². The van der Waals surface area contributed by atoms with Gasteiger partial charge in [0, 0.05) is 37.4 Å². The van der Waals surface area contributed by atoms with E-state index in [2.05, 4.69) is 10.1 Å². The van der Waals surface area contributed by atoms with E-state index in [9.17, 15) is 22.8 Å². The number of halogens is 4. The molecule has 1 aliphatic rings. The van der Waals surface area contributed by atoms with Gasteiger partial charge in [-0.3, -0.25) is 4.79 Å². The first-order valence-electron chi connectivity index (χ1n) is 9.18. The van der Waals surface area contributed by atoms with Crippen molar-refractivity contribution in [2.75, 3.05) is 31.5 Å². The molecule has 160 valence electrons. The Morgan fingerprint density at radius 2 is 1.67 bits per heavy atom. The molecule has 1 heterocycles. The van der Waals surface area contributed by atoms with Crippen molar-refractivity contribution in [3.05, 3.63) is 58.9 Å². The van der Waals surface area contributed by atoms with Gasteiger partial charge in [0.15, 0.2) is 0 Å². The summed E-state index contributed by atoms with van der Waals surface area (Å²) < 4.78 is 41.9. The van der Waals surface area contributed by atoms with E-state index in [1.165, 1.54) is 42.5 Å². The number of carbonyl (C=O) groups is 2. The van der Waals surface area contributed by atoms with E-state index in [4.69, 9.17) is 11.6 Å². The molecule has 0 radical (unpaired) electrons. The molecule has 1 N–H and O–H groups in total. The smallest absolute Gasteiger partial charge is 0.387 e. The van der Waals surface area contributed by atoms with Crippen LogP contribution in [0.25, 0.3) is 0 Å². The summed E-state index contributed by atoms with van der Waals surface area (Å²) in [7, 11) is 0. The van der Waals surface area contributed by atoms with Gasteiger partial charge in [-0.05, 0) is 48.9 Å². The predicted octanol–water partition coefficient (Wildman–Crippen LogP) is 4.46. The van der Waals surface area contributed by atoms with Crippen LogP contribution in [0, 0.1) is 5.82 Å². The fourth-order valence-electron chi connectivity index (χ4n) is 3.07. The lowest BCUT2D eigenvalue weighted by Gasteiger charge is -2.22. The number of alkyl halides is 2. The second kappa shape index (κ2) is 9.71. The molecule has 30 heavy (non-hydrogen) atoms. The minimum atomic E-state index is -3.00. The molecule has 0 bridgehead atoms. The summed E-state index contributed by atoms with van der Waals surface area (Å²) >= 11 is 5.90. The molecule has 0 atom stereocenters. The number of carbonyl (C=O) groups excluding carboxylic acids is 2. The number of anilines is 1. The Morgan fingerprint density at radius 3 is 2.33 bits per heavy atom. The molecule has 0 aromatic heterocycles. The third-order valence-electron chi connectivity index (χ3n) is 4.56. The summed E-state index contributed by atoms with van der Waals surface area (Å²) in [6, 6.07) is 8.89. The number of amides is 3. The highest BCUT2D eigenvalue weighted by atomic mass is 35.5. The molecule has 3 amide bonds. The topological polar surface area (TPSA) is 61.9 Å². The van der Waals surface area contributed by atoms with E-state index >= 15 is 0 Å². The Labute approximate surface area is 176 Å². The van der Waals surface area contributed by atoms with Crippen LogP contribution in [0.4, 0.5) is 23.7 Å². The Morgan fingerprint density at radius 1 is 1.00 bits per heavy atom. The normalized spacial score (nSPS) is 14.4. The Balaban J connectivity index is 1.58. The van der Waals surface area contributed by atoms with Crippen LogP contribution < -0.4 is 10.1 Å². The van der Waals surface area contributed by atoms with Crippen LogP contribution >= 0.6 is 11.6 Å². The van der Waals surface area contributed by atoms with Gasteiger partial charge in [0.05, 0.1) is 5.02 Å². The highest BCUT2D eigenvalue weighted by molar-refractivity contribution is 6.32. The monoisotopic (exact) mass is 441 g/mol. The van der Waals surface area contributed by atoms with E-state index in [1.54, 1.807) is 9.80 Å². The predicted molar refractivity (Wildman–Crippen MR) is 106 cm³/mol. The van der Waals surface area contributed by atoms with Gasteiger partial charge in [-0.15, -0.1) is 0 Å². The van der Waals surface area contributed by atoms with Crippen molar-refractivity contribution in [1.82, 2.24) is 9.80 Å². The van der Waals surface area contributed by atoms with Crippen LogP contribution in [-0.4, -0.2) is 54.5 Å². The van der Waals surface area contributed by atoms with Crippen molar-refractivity contribution in [2.24, 2.45) is 0 Å². The summed E-state index contributed by atoms with van der Waals surface area (Å²) in [5.74, 6) is -0.827. The zero-order chi connectivity index (χ0) is 21.7. The molecule has 6 nitrogen and oxygen atoms in total. The van der Waals surface area contributed by atoms with E-state index in [0.29, 0.717) is 43.9 Å². The second-order valence-electron chi connectivity index (χ2n) is 6.59. The maximum Gasteiger partial charge on any atom is 0.387 e. The SMILES string of the molecule is O=C(Nc1ccc(OC(F)F)c(Cl)c1)N1CCCN(C(=O)c2ccc(F)cc2)CC1. The lowest BCUT2D eigenvalue weighted by atomic mass is 10.2. The zero-order valence-corrected chi connectivity index (χ0v) is 16.5. The van der Waals surface area contributed by atoms with Gasteiger partial charge in [0.25, 0.3) is 5.91 Å². The molecule has 1 saturated heterocycles. The lowest BCUT2D eigenvalue weighted by molar-refractivity contribution is -0.0497. The summed E-state index contributed by atoms with van der Waals surface area (Å²) in [6.45, 7) is -1.48. The summed E-state index contributed by atoms with van der Waals surface area (Å²) in [4.78, 5) is 28.3. The average molecular weight is 442 g/mol. The third-order valence-corrected chi connectivity index (χ3v) is 4.86. The summed E-state index contributed by atoms with van der Waals surface area (Å²) in [6.07, 6.45) is 0.572. The van der Waals surface area contributed by atoms with Crippen molar-refractivity contribution in [3.63, 3.8) is 0 Å². The Bertz CT molecular complexity index is 912. The average Bonchev–Trinajstić information content (AvgIpc) is 2.96. The number of rotatable bonds is 4. The van der Waals surface area contributed by atoms with Gasteiger partial charge < -0.3 is 19.9 Å². The van der Waals surface area contributed by atoms with Crippen molar-refractivity contribution < 1.29 is 27.5 Å². The standard InChI is InChI=1S/C20H19ClF3N3O3/c21-16-12-15(6-7-17(16)30-19(23)24)25-20(29)27-9-1-8-26(10-11-27)18(28)13-2-4-14(22)5-3-13/h2-7,12,19H,1,8-11H2,(H,25,29). The van der Waals surface area contributed by atoms with Crippen molar-refractivity contribution in [1.29, 1.82) is 0 Å². The molecule has 0 unspecified atom stereocenters. The minimum Gasteiger partial charge on any atom is -0.433 e. The number of ether oxygens (including phenoxy) is 1. The zero-order valence-electron chi connectivity index (χ0n) is 15.8. The van der Waals surface area contributed by atoms with Gasteiger partial charge in [-0.25, -0.2) is 9.18 Å². The fraction of sp³-hybridized carbons (Fsp3) is 0.300. The van der Waals surface area contributed by atoms with Crippen LogP contribution in [0.1, 0.15) is 16.8 Å². The molecule has 0 spiro atoms. The van der Waals surface area contributed by atoms with Gasteiger partial charge >= 0.3 is 12.6 Å². The maximum atomic E-state index is 13.1. The van der Waals surface area contributed by atoms with Gasteiger partial charge in [0.1, 0.15) is 11.6 Å². The number of nitrogens with one attached hydrogen (secondary N) is 1. The molecular formula is C20H19ClF3N3O3. The highest BCUT2D eigenvalue weighted by Crippen LogP contribution is 2.29. The van der Waals surface area contributed by atoms with Crippen molar-refractivity contribution >= 4 is 29.2 Å². The Kier molecular flexibility index (Phi) is 7.04. The maximum absolute atomic E-state index is 13.1. The van der Waals surface area contributed by atoms with Gasteiger partial charge in [0.2, 0.25) is 0 Å². The van der Waals surface area contributed by atoms with Crippen LogP contribution in [0.5, 0.6) is 5.75 Å². The molecule has 2 aromatic rings. The van der Waals surface area contributed by atoms with Crippen molar-refractivity contribution in [3.8, 4) is 5.75 Å². The lowest BCUT2D eigenvalue weighted by Crippen LogP contribution is -2.39. The number of urea groups is 1. The largest absolute Gasteiger partial charge is 0.433 e. The van der Waals surface area contributed by atoms with E-state index in [-0.39, 0.29) is 16.7 Å². The first-order valence-corrected chi connectivity index (χ1v) is 9.56. The molecule has 0 aliphatic carbocycles. The van der Waals surface area contributed by atoms with E-state index in [0.717, 1.165) is 0 Å². The quantitative estimate of drug-likeness (QED) is 0.762. The van der Waals surface area contributed by atoms with E-state index in [1.807, 2.05) is 0 Å². The van der Waals surface area contributed by atoms with Crippen LogP contribution in [0.15, 0.2) is 42.5 Å². The summed E-state index contributed by atoms with van der Waals surface area (Å²) in [5.41, 5.74) is 0.713. The van der Waals surface area contributed by atoms with E-state index < -0.39 is 18.5 Å². The third kappa shape index (κ3) is 5.56. The first-order chi connectivity index (χ1) is 14.3. The number of benzene rings is 2. The first kappa shape index (κ1) is 21.8. The van der Waals surface area contributed by atoms with Gasteiger partial charge in [-0.2, -0.15) is 8.78 Å². The molecule has 1 aliphatic heterocycles. The molecule has 2 aromatic carbocycles. The molecule has 0 saturated carbocycles. The fourth-order valence-corrected chi connectivity index (χ4v) is 3.30. The van der Waals surface area contributed by atoms with Crippen LogP contribution in [0.3, 0.4) is 0 Å². The molecular weight excluding hydrogens is 423 g/mol. The number of hydrogen-bond donors (Lipinski definition) is 1. The van der Waals surface area contributed by atoms with Gasteiger partial charge in [-0.1, -0.05) is 11.6 Å². The second-order valence-corrected chi connectivity index (χ2v) is 7.00. The number of hydrogen-bond acceptors (Lipinski definition) is 3. The van der Waals surface area contributed by atoms with Crippen molar-refractivity contribution in [2.45, 2.75) is 13.0 Å². The van der Waals surface area contributed by atoms with Crippen LogP contribution in [-0.2, 0) is 0 Å². The molecule has 10 heteroatoms. The highest BCUT2D eigenvalue weighted by Gasteiger charge is 2.23. The summed E-state index contributed by atoms with van der Waals surface area (Å²) in [5, 5.41) is 2.60. The Hall–Kier alpha value is -2.94.